The topological polar surface area (TPSA) is 138 Å². The summed E-state index contributed by atoms with van der Waals surface area (Å²) in [5, 5.41) is 33.0. The van der Waals surface area contributed by atoms with Gasteiger partial charge in [0.05, 0.1) is 29.9 Å². The van der Waals surface area contributed by atoms with E-state index in [0.29, 0.717) is 38.7 Å². The summed E-state index contributed by atoms with van der Waals surface area (Å²) in [6.45, 7) is 0.0305. The number of carbonyl (C=O) groups excluding carboxylic acids is 2. The molecule has 1 fully saturated rings. The van der Waals surface area contributed by atoms with Crippen molar-refractivity contribution in [2.24, 2.45) is 5.92 Å². The highest BCUT2D eigenvalue weighted by atomic mass is 127. The van der Waals surface area contributed by atoms with Crippen LogP contribution in [0.3, 0.4) is 0 Å². The maximum absolute atomic E-state index is 13.3. The van der Waals surface area contributed by atoms with Gasteiger partial charge in [0, 0.05) is 32.2 Å². The molecule has 3 atom stereocenters. The quantitative estimate of drug-likeness (QED) is 0.252. The fraction of sp³-hybridized carbons (Fsp3) is 0.630. The number of hydrogen-bond acceptors (Lipinski definition) is 8. The number of hydrogen-bond donors (Lipinski definition) is 4. The predicted molar refractivity (Wildman–Crippen MR) is 149 cm³/mol. The van der Waals surface area contributed by atoms with E-state index < -0.39 is 24.2 Å². The van der Waals surface area contributed by atoms with Crippen molar-refractivity contribution in [3.8, 4) is 11.5 Å². The Morgan fingerprint density at radius 3 is 2.53 bits per heavy atom. The van der Waals surface area contributed by atoms with Crippen LogP contribution in [0.5, 0.6) is 11.5 Å². The smallest absolute Gasteiger partial charge is 0.248 e. The standard InChI is InChI=1S/C27H39IN2O8/c1-36-16-24(33)30(14-17-6-4-3-5-7-17)21-12-19(27(35)29-8-9-31)13-22(25(21)34)38-26-20(28)10-18(15-32)11-23(26)37-2/h10-11,13,17,21-22,25,31-32,34H,3-9,12,14-16H2,1-2H3,(H,29,35)/t21-,22+,25+/m1/s1. The van der Waals surface area contributed by atoms with Crippen LogP contribution in [-0.4, -0.2) is 90.8 Å². The molecule has 2 aliphatic rings. The molecule has 10 nitrogen and oxygen atoms in total. The minimum absolute atomic E-state index is 0.0810. The Kier molecular flexibility index (Phi) is 12.1. The Morgan fingerprint density at radius 1 is 1.16 bits per heavy atom. The first-order valence-electron chi connectivity index (χ1n) is 13.0. The fourth-order valence-corrected chi connectivity index (χ4v) is 5.96. The van der Waals surface area contributed by atoms with Gasteiger partial charge in [-0.1, -0.05) is 19.3 Å². The van der Waals surface area contributed by atoms with Crippen molar-refractivity contribution in [1.29, 1.82) is 0 Å². The number of nitrogens with zero attached hydrogens (tertiary/aromatic N) is 1. The number of aliphatic hydroxyl groups is 3. The summed E-state index contributed by atoms with van der Waals surface area (Å²) in [7, 11) is 2.94. The number of aliphatic hydroxyl groups excluding tert-OH is 3. The molecule has 4 N–H and O–H groups in total. The lowest BCUT2D eigenvalue weighted by Crippen LogP contribution is -2.56. The zero-order valence-electron chi connectivity index (χ0n) is 22.0. The molecule has 11 heteroatoms. The highest BCUT2D eigenvalue weighted by Gasteiger charge is 2.41. The Labute approximate surface area is 237 Å². The number of carbonyl (C=O) groups is 2. The fourth-order valence-electron chi connectivity index (χ4n) is 5.17. The van der Waals surface area contributed by atoms with Crippen LogP contribution in [0.15, 0.2) is 23.8 Å². The van der Waals surface area contributed by atoms with E-state index in [-0.39, 0.29) is 38.7 Å². The van der Waals surface area contributed by atoms with E-state index in [0.717, 1.165) is 25.7 Å². The molecule has 1 aromatic rings. The first kappa shape index (κ1) is 30.6. The minimum Gasteiger partial charge on any atom is -0.493 e. The molecule has 0 aromatic heterocycles. The maximum Gasteiger partial charge on any atom is 0.248 e. The highest BCUT2D eigenvalue weighted by Crippen LogP contribution is 2.37. The van der Waals surface area contributed by atoms with Gasteiger partial charge < -0.3 is 39.7 Å². The molecule has 0 aliphatic heterocycles. The van der Waals surface area contributed by atoms with Crippen LogP contribution in [-0.2, 0) is 20.9 Å². The molecule has 0 heterocycles. The highest BCUT2D eigenvalue weighted by molar-refractivity contribution is 14.1. The van der Waals surface area contributed by atoms with E-state index in [9.17, 15) is 24.9 Å². The molecule has 2 aliphatic carbocycles. The molecule has 1 saturated carbocycles. The van der Waals surface area contributed by atoms with Crippen molar-refractivity contribution >= 4 is 34.4 Å². The Bertz CT molecular complexity index is 982. The number of rotatable bonds is 12. The number of ether oxygens (including phenoxy) is 3. The van der Waals surface area contributed by atoms with Gasteiger partial charge in [-0.2, -0.15) is 0 Å². The van der Waals surface area contributed by atoms with Gasteiger partial charge in [-0.25, -0.2) is 0 Å². The molecule has 1 aromatic carbocycles. The Balaban J connectivity index is 1.97. The molecule has 0 saturated heterocycles. The molecule has 38 heavy (non-hydrogen) atoms. The van der Waals surface area contributed by atoms with Crippen molar-refractivity contribution in [3.63, 3.8) is 0 Å². The molecule has 0 radical (unpaired) electrons. The summed E-state index contributed by atoms with van der Waals surface area (Å²) in [4.78, 5) is 27.9. The second kappa shape index (κ2) is 15.0. The van der Waals surface area contributed by atoms with Gasteiger partial charge in [0.15, 0.2) is 11.5 Å². The summed E-state index contributed by atoms with van der Waals surface area (Å²) in [5.74, 6) is 0.407. The monoisotopic (exact) mass is 646 g/mol. The zero-order valence-corrected chi connectivity index (χ0v) is 24.2. The van der Waals surface area contributed by atoms with E-state index in [1.807, 2.05) is 0 Å². The maximum atomic E-state index is 13.3. The van der Waals surface area contributed by atoms with Crippen molar-refractivity contribution in [2.75, 3.05) is 40.5 Å². The van der Waals surface area contributed by atoms with Crippen LogP contribution in [0.1, 0.15) is 44.1 Å². The lowest BCUT2D eigenvalue weighted by molar-refractivity contribution is -0.143. The number of halogens is 1. The number of nitrogens with one attached hydrogen (secondary N) is 1. The normalized spacial score (nSPS) is 21.9. The third-order valence-electron chi connectivity index (χ3n) is 7.11. The molecular formula is C27H39IN2O8. The van der Waals surface area contributed by atoms with Gasteiger partial charge in [0.2, 0.25) is 11.8 Å². The number of methoxy groups -OCH3 is 2. The van der Waals surface area contributed by atoms with Crippen LogP contribution in [0.4, 0.5) is 0 Å². The number of amides is 2. The van der Waals surface area contributed by atoms with Gasteiger partial charge in [-0.05, 0) is 65.1 Å². The van der Waals surface area contributed by atoms with Crippen LogP contribution >= 0.6 is 22.6 Å². The summed E-state index contributed by atoms with van der Waals surface area (Å²) in [6.07, 6.45) is 5.01. The van der Waals surface area contributed by atoms with Crippen LogP contribution in [0.2, 0.25) is 0 Å². The van der Waals surface area contributed by atoms with Crippen LogP contribution in [0, 0.1) is 9.49 Å². The molecule has 0 unspecified atom stereocenters. The number of benzene rings is 1. The van der Waals surface area contributed by atoms with Gasteiger partial charge >= 0.3 is 0 Å². The van der Waals surface area contributed by atoms with Crippen LogP contribution < -0.4 is 14.8 Å². The van der Waals surface area contributed by atoms with E-state index >= 15 is 0 Å². The van der Waals surface area contributed by atoms with E-state index in [4.69, 9.17) is 14.2 Å². The third kappa shape index (κ3) is 7.81. The predicted octanol–water partition coefficient (Wildman–Crippen LogP) is 1.76. The van der Waals surface area contributed by atoms with Crippen molar-refractivity contribution in [3.05, 3.63) is 32.9 Å². The molecule has 3 rings (SSSR count). The Hall–Kier alpha value is -1.93. The second-order valence-corrected chi connectivity index (χ2v) is 10.9. The summed E-state index contributed by atoms with van der Waals surface area (Å²) in [5.41, 5.74) is 1.00. The van der Waals surface area contributed by atoms with Gasteiger partial charge in [0.25, 0.3) is 0 Å². The van der Waals surface area contributed by atoms with Gasteiger partial charge in [0.1, 0.15) is 18.8 Å². The first-order valence-corrected chi connectivity index (χ1v) is 14.1. The average molecular weight is 647 g/mol. The largest absolute Gasteiger partial charge is 0.493 e. The van der Waals surface area contributed by atoms with E-state index in [1.165, 1.54) is 20.6 Å². The second-order valence-electron chi connectivity index (χ2n) is 9.77. The lowest BCUT2D eigenvalue weighted by atomic mass is 9.85. The van der Waals surface area contributed by atoms with Crippen molar-refractivity contribution < 1.29 is 39.1 Å². The Morgan fingerprint density at radius 2 is 1.89 bits per heavy atom. The summed E-state index contributed by atoms with van der Waals surface area (Å²) >= 11 is 2.07. The molecule has 0 bridgehead atoms. The van der Waals surface area contributed by atoms with Crippen molar-refractivity contribution in [1.82, 2.24) is 10.2 Å². The molecule has 212 valence electrons. The van der Waals surface area contributed by atoms with Crippen LogP contribution in [0.25, 0.3) is 0 Å². The minimum atomic E-state index is -1.13. The van der Waals surface area contributed by atoms with Crippen molar-refractivity contribution in [2.45, 2.75) is 63.4 Å². The zero-order chi connectivity index (χ0) is 27.7. The molecule has 0 spiro atoms. The molecular weight excluding hydrogens is 607 g/mol. The van der Waals surface area contributed by atoms with E-state index in [2.05, 4.69) is 27.9 Å². The van der Waals surface area contributed by atoms with E-state index in [1.54, 1.807) is 23.1 Å². The third-order valence-corrected chi connectivity index (χ3v) is 7.91. The molecule has 2 amide bonds. The average Bonchev–Trinajstić information content (AvgIpc) is 2.93. The lowest BCUT2D eigenvalue weighted by Gasteiger charge is -2.42. The first-order chi connectivity index (χ1) is 18.3. The summed E-state index contributed by atoms with van der Waals surface area (Å²) in [6, 6.07) is 2.69. The summed E-state index contributed by atoms with van der Waals surface area (Å²) < 4.78 is 17.6. The van der Waals surface area contributed by atoms with Gasteiger partial charge in [-0.3, -0.25) is 9.59 Å². The SMILES string of the molecule is COCC(=O)N(CC1CCCCC1)[C@@H]1CC(C(=O)NCCO)=C[C@H](Oc2c(I)cc(CO)cc2OC)[C@H]1O. The van der Waals surface area contributed by atoms with Gasteiger partial charge in [-0.15, -0.1) is 0 Å².